The second-order valence-electron chi connectivity index (χ2n) is 5.51. The molecule has 2 atom stereocenters. The highest BCUT2D eigenvalue weighted by Gasteiger charge is 2.35. The van der Waals surface area contributed by atoms with Gasteiger partial charge in [-0.15, -0.1) is 0 Å². The Morgan fingerprint density at radius 1 is 1.37 bits per heavy atom. The molecular formula is C14H17BrClFN2. The van der Waals surface area contributed by atoms with Crippen LogP contribution in [0.1, 0.15) is 19.8 Å². The van der Waals surface area contributed by atoms with Crippen LogP contribution in [0.15, 0.2) is 16.6 Å². The normalized spacial score (nSPS) is 27.7. The zero-order valence-electron chi connectivity index (χ0n) is 10.9. The molecule has 2 fully saturated rings. The van der Waals surface area contributed by atoms with Crippen LogP contribution in [-0.2, 0) is 0 Å². The standard InChI is InChI=1S/C14H17BrClFN2/c1-9-7-18-4-2-3-11(18)8-19(9)14-12(15)5-10(17)6-13(14)16/h5-6,9,11H,2-4,7-8H2,1H3. The molecule has 0 bridgehead atoms. The number of rotatable bonds is 1. The molecule has 2 heterocycles. The fourth-order valence-electron chi connectivity index (χ4n) is 3.31. The van der Waals surface area contributed by atoms with Gasteiger partial charge in [-0.05, 0) is 54.4 Å². The van der Waals surface area contributed by atoms with Crippen LogP contribution in [0.25, 0.3) is 0 Å². The molecular weight excluding hydrogens is 331 g/mol. The van der Waals surface area contributed by atoms with E-state index in [0.29, 0.717) is 17.1 Å². The first-order valence-corrected chi connectivity index (χ1v) is 7.88. The van der Waals surface area contributed by atoms with E-state index in [9.17, 15) is 4.39 Å². The van der Waals surface area contributed by atoms with Crippen molar-refractivity contribution in [2.24, 2.45) is 0 Å². The van der Waals surface area contributed by atoms with Gasteiger partial charge in [0, 0.05) is 29.6 Å². The summed E-state index contributed by atoms with van der Waals surface area (Å²) >= 11 is 9.70. The molecule has 5 heteroatoms. The number of fused-ring (bicyclic) bond motifs is 1. The number of nitrogens with zero attached hydrogens (tertiary/aromatic N) is 2. The number of halogens is 3. The zero-order chi connectivity index (χ0) is 13.6. The Hall–Kier alpha value is -0.320. The minimum Gasteiger partial charge on any atom is -0.364 e. The van der Waals surface area contributed by atoms with Gasteiger partial charge in [0.05, 0.1) is 10.7 Å². The lowest BCUT2D eigenvalue weighted by atomic mass is 10.1. The highest BCUT2D eigenvalue weighted by Crippen LogP contribution is 2.38. The second kappa shape index (κ2) is 5.23. The molecule has 1 aromatic carbocycles. The van der Waals surface area contributed by atoms with Crippen molar-refractivity contribution in [1.82, 2.24) is 4.90 Å². The lowest BCUT2D eigenvalue weighted by Crippen LogP contribution is -2.55. The van der Waals surface area contributed by atoms with Gasteiger partial charge < -0.3 is 4.90 Å². The van der Waals surface area contributed by atoms with Gasteiger partial charge in [-0.3, -0.25) is 4.90 Å². The molecule has 2 nitrogen and oxygen atoms in total. The molecule has 2 unspecified atom stereocenters. The zero-order valence-corrected chi connectivity index (χ0v) is 13.2. The molecule has 0 aliphatic carbocycles. The van der Waals surface area contributed by atoms with E-state index < -0.39 is 0 Å². The molecule has 0 spiro atoms. The Bertz CT molecular complexity index is 473. The lowest BCUT2D eigenvalue weighted by Gasteiger charge is -2.44. The van der Waals surface area contributed by atoms with Crippen LogP contribution < -0.4 is 4.90 Å². The SMILES string of the molecule is CC1CN2CCCC2CN1c1c(Cl)cc(F)cc1Br. The molecule has 2 saturated heterocycles. The monoisotopic (exact) mass is 346 g/mol. The summed E-state index contributed by atoms with van der Waals surface area (Å²) < 4.78 is 14.1. The summed E-state index contributed by atoms with van der Waals surface area (Å²) in [5.41, 5.74) is 0.933. The molecule has 1 aromatic rings. The lowest BCUT2D eigenvalue weighted by molar-refractivity contribution is 0.203. The third-order valence-electron chi connectivity index (χ3n) is 4.21. The van der Waals surface area contributed by atoms with Crippen LogP contribution in [0, 0.1) is 5.82 Å². The van der Waals surface area contributed by atoms with Crippen molar-refractivity contribution in [3.8, 4) is 0 Å². The van der Waals surface area contributed by atoms with E-state index in [4.69, 9.17) is 11.6 Å². The Kier molecular flexibility index (Phi) is 3.76. The van der Waals surface area contributed by atoms with E-state index in [2.05, 4.69) is 32.7 Å². The summed E-state index contributed by atoms with van der Waals surface area (Å²) in [7, 11) is 0. The molecule has 2 aliphatic heterocycles. The first kappa shape index (κ1) is 13.7. The molecule has 0 aromatic heterocycles. The van der Waals surface area contributed by atoms with Crippen LogP contribution in [0.4, 0.5) is 10.1 Å². The Morgan fingerprint density at radius 3 is 2.89 bits per heavy atom. The van der Waals surface area contributed by atoms with Crippen molar-refractivity contribution < 1.29 is 4.39 Å². The van der Waals surface area contributed by atoms with E-state index in [-0.39, 0.29) is 5.82 Å². The van der Waals surface area contributed by atoms with Crippen LogP contribution >= 0.6 is 27.5 Å². The van der Waals surface area contributed by atoms with Crippen LogP contribution in [0.5, 0.6) is 0 Å². The van der Waals surface area contributed by atoms with Crippen molar-refractivity contribution in [3.05, 3.63) is 27.4 Å². The molecule has 3 rings (SSSR count). The average Bonchev–Trinajstić information content (AvgIpc) is 2.74. The van der Waals surface area contributed by atoms with Crippen LogP contribution in [0.3, 0.4) is 0 Å². The van der Waals surface area contributed by atoms with Crippen molar-refractivity contribution >= 4 is 33.2 Å². The molecule has 104 valence electrons. The molecule has 2 aliphatic rings. The van der Waals surface area contributed by atoms with Gasteiger partial charge in [-0.1, -0.05) is 11.6 Å². The minimum absolute atomic E-state index is 0.298. The summed E-state index contributed by atoms with van der Waals surface area (Å²) in [5.74, 6) is -0.298. The highest BCUT2D eigenvalue weighted by molar-refractivity contribution is 9.10. The molecule has 19 heavy (non-hydrogen) atoms. The quantitative estimate of drug-likeness (QED) is 0.760. The van der Waals surface area contributed by atoms with Crippen molar-refractivity contribution in [2.75, 3.05) is 24.5 Å². The van der Waals surface area contributed by atoms with Gasteiger partial charge >= 0.3 is 0 Å². The molecule has 0 amide bonds. The summed E-state index contributed by atoms with van der Waals surface area (Å²) in [6.45, 7) is 5.46. The van der Waals surface area contributed by atoms with E-state index in [0.717, 1.165) is 23.2 Å². The van der Waals surface area contributed by atoms with E-state index in [1.165, 1.54) is 31.5 Å². The first-order chi connectivity index (χ1) is 9.06. The Labute approximate surface area is 126 Å². The minimum atomic E-state index is -0.298. The van der Waals surface area contributed by atoms with Gasteiger partial charge in [0.25, 0.3) is 0 Å². The molecule has 0 radical (unpaired) electrons. The van der Waals surface area contributed by atoms with Gasteiger partial charge in [0.2, 0.25) is 0 Å². The Morgan fingerprint density at radius 2 is 2.16 bits per heavy atom. The number of anilines is 1. The summed E-state index contributed by atoms with van der Waals surface area (Å²) in [6, 6.07) is 3.91. The van der Waals surface area contributed by atoms with Gasteiger partial charge in [0.15, 0.2) is 0 Å². The topological polar surface area (TPSA) is 6.48 Å². The number of piperazine rings is 1. The second-order valence-corrected chi connectivity index (χ2v) is 6.77. The van der Waals surface area contributed by atoms with Crippen molar-refractivity contribution in [2.45, 2.75) is 31.8 Å². The first-order valence-electron chi connectivity index (χ1n) is 6.71. The van der Waals surface area contributed by atoms with Crippen molar-refractivity contribution in [3.63, 3.8) is 0 Å². The molecule has 0 N–H and O–H groups in total. The van der Waals surface area contributed by atoms with Crippen molar-refractivity contribution in [1.29, 1.82) is 0 Å². The van der Waals surface area contributed by atoms with E-state index in [1.54, 1.807) is 0 Å². The largest absolute Gasteiger partial charge is 0.364 e. The predicted molar refractivity (Wildman–Crippen MR) is 80.5 cm³/mol. The average molecular weight is 348 g/mol. The number of hydrogen-bond donors (Lipinski definition) is 0. The van der Waals surface area contributed by atoms with E-state index >= 15 is 0 Å². The maximum absolute atomic E-state index is 13.3. The van der Waals surface area contributed by atoms with Crippen LogP contribution in [-0.4, -0.2) is 36.6 Å². The Balaban J connectivity index is 1.93. The highest BCUT2D eigenvalue weighted by atomic mass is 79.9. The molecule has 0 saturated carbocycles. The number of hydrogen-bond acceptors (Lipinski definition) is 2. The van der Waals surface area contributed by atoms with Crippen LogP contribution in [0.2, 0.25) is 5.02 Å². The third kappa shape index (κ3) is 2.50. The number of benzene rings is 1. The van der Waals surface area contributed by atoms with E-state index in [1.807, 2.05) is 0 Å². The smallest absolute Gasteiger partial charge is 0.125 e. The van der Waals surface area contributed by atoms with Gasteiger partial charge in [0.1, 0.15) is 5.82 Å². The fourth-order valence-corrected chi connectivity index (χ4v) is 4.40. The predicted octanol–water partition coefficient (Wildman–Crippen LogP) is 3.91. The summed E-state index contributed by atoms with van der Waals surface area (Å²) in [5, 5.41) is 0.491. The maximum Gasteiger partial charge on any atom is 0.125 e. The van der Waals surface area contributed by atoms with Gasteiger partial charge in [-0.25, -0.2) is 4.39 Å². The summed E-state index contributed by atoms with van der Waals surface area (Å²) in [6.07, 6.45) is 2.53. The third-order valence-corrected chi connectivity index (χ3v) is 5.10. The van der Waals surface area contributed by atoms with Gasteiger partial charge in [-0.2, -0.15) is 0 Å². The summed E-state index contributed by atoms with van der Waals surface area (Å²) in [4.78, 5) is 4.88. The fraction of sp³-hybridized carbons (Fsp3) is 0.571. The maximum atomic E-state index is 13.3.